The highest BCUT2D eigenvalue weighted by Gasteiger charge is 2.51. The van der Waals surface area contributed by atoms with Crippen LogP contribution in [0.4, 0.5) is 23.7 Å². The third-order valence-electron chi connectivity index (χ3n) is 7.59. The maximum Gasteiger partial charge on any atom is 0.418 e. The number of para-hydroxylation sites is 1. The van der Waals surface area contributed by atoms with E-state index in [-0.39, 0.29) is 17.8 Å². The molecule has 4 aliphatic carbocycles. The van der Waals surface area contributed by atoms with Gasteiger partial charge in [0.25, 0.3) is 0 Å². The highest BCUT2D eigenvalue weighted by molar-refractivity contribution is 5.98. The van der Waals surface area contributed by atoms with Crippen molar-refractivity contribution in [2.24, 2.45) is 17.8 Å². The Morgan fingerprint density at radius 3 is 2.18 bits per heavy atom. The van der Waals surface area contributed by atoms with Gasteiger partial charge in [0.15, 0.2) is 0 Å². The molecule has 4 bridgehead atoms. The number of nitrogens with one attached hydrogen (secondary N) is 3. The number of carbonyl (C=O) groups excluding carboxylic acids is 3. The van der Waals surface area contributed by atoms with E-state index in [4.69, 9.17) is 0 Å². The van der Waals surface area contributed by atoms with Crippen LogP contribution < -0.4 is 16.0 Å². The minimum Gasteiger partial charge on any atom is -0.332 e. The van der Waals surface area contributed by atoms with Gasteiger partial charge >= 0.3 is 12.2 Å². The fourth-order valence-electron chi connectivity index (χ4n) is 6.34. The van der Waals surface area contributed by atoms with Crippen LogP contribution >= 0.6 is 0 Å². The lowest BCUT2D eigenvalue weighted by molar-refractivity contribution is -0.137. The van der Waals surface area contributed by atoms with Gasteiger partial charge in [0.05, 0.1) is 23.8 Å². The molecule has 186 valence electrons. The average Bonchev–Trinajstić information content (AvgIpc) is 2.71. The number of hydrogen-bond donors (Lipinski definition) is 3. The van der Waals surface area contributed by atoms with Gasteiger partial charge in [-0.25, -0.2) is 4.79 Å². The molecule has 0 aliphatic heterocycles. The molecule has 0 radical (unpaired) electrons. The first kappa shape index (κ1) is 24.5. The molecule has 4 fully saturated rings. The zero-order valence-electron chi connectivity index (χ0n) is 19.4. The Kier molecular flexibility index (Phi) is 6.63. The van der Waals surface area contributed by atoms with Crippen LogP contribution in [0.15, 0.2) is 24.3 Å². The van der Waals surface area contributed by atoms with Crippen LogP contribution in [-0.2, 0) is 15.8 Å². The highest BCUT2D eigenvalue weighted by Crippen LogP contribution is 2.55. The predicted octanol–water partition coefficient (Wildman–Crippen LogP) is 3.76. The second-order valence-electron chi connectivity index (χ2n) is 10.3. The number of imide groups is 1. The Bertz CT molecular complexity index is 930. The summed E-state index contributed by atoms with van der Waals surface area (Å²) in [5.41, 5.74) is -1.53. The van der Waals surface area contributed by atoms with Crippen molar-refractivity contribution in [1.29, 1.82) is 0 Å². The molecule has 34 heavy (non-hydrogen) atoms. The van der Waals surface area contributed by atoms with Crippen LogP contribution in [0.25, 0.3) is 0 Å². The number of halogens is 3. The molecular formula is C24H31F3N4O3. The smallest absolute Gasteiger partial charge is 0.332 e. The summed E-state index contributed by atoms with van der Waals surface area (Å²) in [6.45, 7) is 1.21. The number of carbonyl (C=O) groups is 3. The van der Waals surface area contributed by atoms with E-state index in [1.807, 2.05) is 0 Å². The lowest BCUT2D eigenvalue weighted by Crippen LogP contribution is -2.62. The molecule has 1 atom stereocenters. The van der Waals surface area contributed by atoms with Gasteiger partial charge in [0, 0.05) is 5.54 Å². The maximum absolute atomic E-state index is 13.1. The molecule has 4 saturated carbocycles. The largest absolute Gasteiger partial charge is 0.418 e. The fourth-order valence-corrected chi connectivity index (χ4v) is 6.34. The summed E-state index contributed by atoms with van der Waals surface area (Å²) < 4.78 is 39.4. The van der Waals surface area contributed by atoms with Crippen molar-refractivity contribution in [3.05, 3.63) is 29.8 Å². The number of nitrogens with zero attached hydrogens (tertiary/aromatic N) is 1. The second-order valence-corrected chi connectivity index (χ2v) is 10.3. The summed E-state index contributed by atoms with van der Waals surface area (Å²) in [4.78, 5) is 38.9. The molecule has 1 aromatic carbocycles. The molecule has 4 aliphatic rings. The number of benzene rings is 1. The maximum atomic E-state index is 13.1. The van der Waals surface area contributed by atoms with E-state index in [0.29, 0.717) is 17.8 Å². The van der Waals surface area contributed by atoms with Crippen molar-refractivity contribution >= 4 is 23.5 Å². The van der Waals surface area contributed by atoms with Gasteiger partial charge in [0.2, 0.25) is 11.8 Å². The molecular weight excluding hydrogens is 449 g/mol. The third kappa shape index (κ3) is 5.37. The number of amides is 4. The lowest BCUT2D eigenvalue weighted by Gasteiger charge is -2.56. The molecule has 1 unspecified atom stereocenters. The Labute approximate surface area is 196 Å². The first-order chi connectivity index (χ1) is 15.9. The summed E-state index contributed by atoms with van der Waals surface area (Å²) in [5.74, 6) is 0.667. The first-order valence-electron chi connectivity index (χ1n) is 11.7. The molecule has 0 aromatic heterocycles. The van der Waals surface area contributed by atoms with Gasteiger partial charge in [-0.2, -0.15) is 13.2 Å². The van der Waals surface area contributed by atoms with E-state index < -0.39 is 35.6 Å². The Balaban J connectivity index is 1.28. The zero-order chi connectivity index (χ0) is 24.7. The summed E-state index contributed by atoms with van der Waals surface area (Å²) in [6, 6.07) is 3.32. The number of hydrogen-bond acceptors (Lipinski definition) is 4. The minimum absolute atomic E-state index is 0.236. The van der Waals surface area contributed by atoms with E-state index in [2.05, 4.69) is 16.0 Å². The summed E-state index contributed by atoms with van der Waals surface area (Å²) in [5, 5.41) is 7.70. The van der Waals surface area contributed by atoms with E-state index in [1.54, 1.807) is 0 Å². The monoisotopic (exact) mass is 480 g/mol. The first-order valence-corrected chi connectivity index (χ1v) is 11.7. The molecule has 0 saturated heterocycles. The van der Waals surface area contributed by atoms with Gasteiger partial charge in [-0.1, -0.05) is 12.1 Å². The van der Waals surface area contributed by atoms with Crippen molar-refractivity contribution in [3.8, 4) is 0 Å². The predicted molar refractivity (Wildman–Crippen MR) is 120 cm³/mol. The summed E-state index contributed by atoms with van der Waals surface area (Å²) in [7, 11) is 1.50. The van der Waals surface area contributed by atoms with Gasteiger partial charge in [0.1, 0.15) is 0 Å². The van der Waals surface area contributed by atoms with Gasteiger partial charge in [-0.3, -0.25) is 19.8 Å². The zero-order valence-corrected chi connectivity index (χ0v) is 19.4. The highest BCUT2D eigenvalue weighted by atomic mass is 19.4. The topological polar surface area (TPSA) is 90.5 Å². The van der Waals surface area contributed by atoms with Crippen molar-refractivity contribution in [2.75, 3.05) is 18.9 Å². The average molecular weight is 481 g/mol. The molecule has 10 heteroatoms. The summed E-state index contributed by atoms with van der Waals surface area (Å²) >= 11 is 0. The number of likely N-dealkylation sites (N-methyl/N-ethyl adjacent to an activating group) is 1. The van der Waals surface area contributed by atoms with E-state index in [0.717, 1.165) is 25.3 Å². The van der Waals surface area contributed by atoms with Gasteiger partial charge < -0.3 is 10.6 Å². The molecule has 7 nitrogen and oxygen atoms in total. The Hall–Kier alpha value is -2.62. The third-order valence-corrected chi connectivity index (χ3v) is 7.59. The molecule has 4 amide bonds. The van der Waals surface area contributed by atoms with Crippen LogP contribution in [0, 0.1) is 17.8 Å². The van der Waals surface area contributed by atoms with Gasteiger partial charge in [-0.15, -0.1) is 0 Å². The second kappa shape index (κ2) is 9.20. The molecule has 1 aromatic rings. The Morgan fingerprint density at radius 1 is 1.06 bits per heavy atom. The van der Waals surface area contributed by atoms with Crippen molar-refractivity contribution in [3.63, 3.8) is 0 Å². The number of anilines is 1. The number of urea groups is 1. The number of alkyl halides is 3. The van der Waals surface area contributed by atoms with Crippen LogP contribution in [0.3, 0.4) is 0 Å². The van der Waals surface area contributed by atoms with Crippen molar-refractivity contribution in [2.45, 2.75) is 63.2 Å². The van der Waals surface area contributed by atoms with Crippen LogP contribution in [0.5, 0.6) is 0 Å². The van der Waals surface area contributed by atoms with Crippen LogP contribution in [-0.4, -0.2) is 47.9 Å². The van der Waals surface area contributed by atoms with Crippen molar-refractivity contribution in [1.82, 2.24) is 15.5 Å². The summed E-state index contributed by atoms with van der Waals surface area (Å²) in [6.07, 6.45) is 1.96. The fraction of sp³-hybridized carbons (Fsp3) is 0.625. The molecule has 3 N–H and O–H groups in total. The normalized spacial score (nSPS) is 28.5. The molecule has 0 heterocycles. The number of rotatable bonds is 6. The molecule has 5 rings (SSSR count). The molecule has 0 spiro atoms. The van der Waals surface area contributed by atoms with E-state index in [9.17, 15) is 27.6 Å². The minimum atomic E-state index is -4.60. The van der Waals surface area contributed by atoms with E-state index in [1.165, 1.54) is 56.3 Å². The van der Waals surface area contributed by atoms with Crippen LogP contribution in [0.2, 0.25) is 0 Å². The van der Waals surface area contributed by atoms with Crippen molar-refractivity contribution < 1.29 is 27.6 Å². The van der Waals surface area contributed by atoms with E-state index >= 15 is 0 Å². The lowest BCUT2D eigenvalue weighted by atomic mass is 9.53. The van der Waals surface area contributed by atoms with Gasteiger partial charge in [-0.05, 0) is 82.4 Å². The SMILES string of the molecule is CC(C(=O)NC(=O)NC12CC3CC(CC(C3)C1)C2)N(C)CC(=O)Nc1ccccc1C(F)(F)F. The van der Waals surface area contributed by atoms with Crippen LogP contribution in [0.1, 0.15) is 51.0 Å². The standard InChI is InChI=1S/C24H31F3N4O3/c1-14(31(2)13-20(32)28-19-6-4-3-5-18(19)24(25,26)27)21(33)29-22(34)30-23-10-15-7-16(11-23)9-17(8-15)12-23/h3-6,14-17H,7-13H2,1-2H3,(H,28,32)(H2,29,30,33,34). The quantitative estimate of drug-likeness (QED) is 0.578. The Morgan fingerprint density at radius 2 is 1.62 bits per heavy atom.